The Bertz CT molecular complexity index is 57.2. The van der Waals surface area contributed by atoms with Gasteiger partial charge in [0.1, 0.15) is 0 Å². The molecule has 0 aromatic rings. The molecule has 2 radical (unpaired) electrons. The zero-order valence-corrected chi connectivity index (χ0v) is 6.46. The van der Waals surface area contributed by atoms with E-state index in [0.29, 0.717) is 0 Å². The molecule has 0 aliphatic carbocycles. The first-order valence-electron chi connectivity index (χ1n) is 0.730. The van der Waals surface area contributed by atoms with Crippen LogP contribution < -0.4 is 14.7 Å². The Morgan fingerprint density at radius 3 is 0.889 bits per heavy atom. The number of hydrogen-bond donors (Lipinski definition) is 0. The topological polar surface area (TPSA) is 149 Å². The molecule has 70 valence electrons. The van der Waals surface area contributed by atoms with Crippen LogP contribution in [0.1, 0.15) is 0 Å². The zero-order chi connectivity index (χ0) is 4.50. The van der Waals surface area contributed by atoms with E-state index in [9.17, 15) is 0 Å². The monoisotopic (exact) mass is 257 g/mol. The molecule has 0 unspecified atom stereocenters. The molecule has 0 bridgehead atoms. The van der Waals surface area contributed by atoms with Crippen LogP contribution in [0.25, 0.3) is 0 Å². The van der Waals surface area contributed by atoms with E-state index >= 15 is 0 Å². The van der Waals surface area contributed by atoms with Crippen molar-refractivity contribution in [3.63, 3.8) is 0 Å². The summed E-state index contributed by atoms with van der Waals surface area (Å²) in [6.45, 7) is 0. The van der Waals surface area contributed by atoms with E-state index in [1.165, 1.54) is 0 Å². The number of rotatable bonds is 0. The van der Waals surface area contributed by atoms with Gasteiger partial charge in [-0.2, -0.15) is 7.82 Å². The van der Waals surface area contributed by atoms with Crippen molar-refractivity contribution in [2.45, 2.75) is 0 Å². The third-order valence-corrected chi connectivity index (χ3v) is 0. The smallest absolute Gasteiger partial charge is 0 e. The van der Waals surface area contributed by atoms with E-state index in [-0.39, 0.29) is 45.1 Å². The fourth-order valence-electron chi connectivity index (χ4n) is 0. The first-order chi connectivity index (χ1) is 2.00. The molecule has 0 saturated heterocycles. The van der Waals surface area contributed by atoms with Crippen LogP contribution in [-0.2, 0) is 38.7 Å². The first-order valence-corrected chi connectivity index (χ1v) is 2.19. The molecule has 0 saturated carbocycles. The van der Waals surface area contributed by atoms with Crippen LogP contribution in [0.3, 0.4) is 0 Å². The molecular weight excluding hydrogens is 254 g/mol. The molecule has 9 heavy (non-hydrogen) atoms. The summed E-state index contributed by atoms with van der Waals surface area (Å²) in [4.78, 5) is 25.6. The summed E-state index contributed by atoms with van der Waals surface area (Å²) in [7, 11) is -5.39. The Labute approximate surface area is 72.5 Å². The average molecular weight is 258 g/mol. The van der Waals surface area contributed by atoms with Crippen molar-refractivity contribution in [1.29, 1.82) is 0 Å². The van der Waals surface area contributed by atoms with Gasteiger partial charge in [-0.05, 0) is 0 Å². The molecule has 0 aromatic carbocycles. The summed E-state index contributed by atoms with van der Waals surface area (Å²) in [5, 5.41) is 0. The van der Waals surface area contributed by atoms with Crippen molar-refractivity contribution in [3.05, 3.63) is 0 Å². The summed E-state index contributed by atoms with van der Waals surface area (Å²) in [6.07, 6.45) is 0. The van der Waals surface area contributed by atoms with E-state index in [1.807, 2.05) is 0 Å². The van der Waals surface area contributed by atoms with Gasteiger partial charge in [-0.1, -0.05) is 0 Å². The summed E-state index contributed by atoms with van der Waals surface area (Å²) < 4.78 is 8.55. The Morgan fingerprint density at radius 1 is 0.889 bits per heavy atom. The molecule has 0 rings (SSSR count). The molecule has 4 N–H and O–H groups in total. The van der Waals surface area contributed by atoms with Crippen molar-refractivity contribution in [1.82, 2.24) is 0 Å². The predicted octanol–water partition coefficient (Wildman–Crippen LogP) is -4.48. The molecule has 0 aliphatic rings. The van der Waals surface area contributed by atoms with Crippen molar-refractivity contribution in [2.75, 3.05) is 0 Å². The molecule has 0 fully saturated rings. The largest absolute Gasteiger partial charge is 0.822 e. The predicted molar refractivity (Wildman–Crippen MR) is 14.8 cm³/mol. The Morgan fingerprint density at radius 2 is 0.889 bits per heavy atom. The molecule has 0 aromatic heterocycles. The van der Waals surface area contributed by atoms with Gasteiger partial charge in [0.05, 0.1) is 0 Å². The maximum absolute atomic E-state index is 8.55. The van der Waals surface area contributed by atoms with Crippen LogP contribution in [0.5, 0.6) is 0 Å². The Balaban J connectivity index is -0.0000000133. The second-order valence-electron chi connectivity index (χ2n) is 0.447. The van der Waals surface area contributed by atoms with Gasteiger partial charge in [0.15, 0.2) is 0 Å². The van der Waals surface area contributed by atoms with Gasteiger partial charge < -0.3 is 30.2 Å². The quantitative estimate of drug-likeness (QED) is 0.318. The van der Waals surface area contributed by atoms with Crippen LogP contribution in [0, 0.1) is 0 Å². The van der Waals surface area contributed by atoms with Gasteiger partial charge in [0, 0.05) is 34.1 Å². The molecule has 9 heteroatoms. The SMILES string of the molecule is O.O.O=P([O-])([O-])[O-].[Cu].[Cu]. The minimum atomic E-state index is -5.39. The van der Waals surface area contributed by atoms with E-state index in [2.05, 4.69) is 0 Å². The van der Waals surface area contributed by atoms with Crippen molar-refractivity contribution in [3.8, 4) is 0 Å². The van der Waals surface area contributed by atoms with Crippen LogP contribution in [0.2, 0.25) is 0 Å². The average Bonchev–Trinajstić information content (AvgIpc) is 0.722. The fourth-order valence-corrected chi connectivity index (χ4v) is 0. The summed E-state index contributed by atoms with van der Waals surface area (Å²) in [6, 6.07) is 0. The maximum atomic E-state index is 8.55. The van der Waals surface area contributed by atoms with Gasteiger partial charge in [-0.15, -0.1) is 0 Å². The molecular formula is H4Cu2O6P-3. The molecule has 0 heterocycles. The molecule has 0 atom stereocenters. The standard InChI is InChI=1S/2Cu.H3O4P.2H2O/c;;1-5(2,3)4;;/h;;(H3,1,2,3,4);2*1H2/p-3. The maximum Gasteiger partial charge on any atom is 0 e. The molecule has 0 amide bonds. The molecule has 6 nitrogen and oxygen atoms in total. The van der Waals surface area contributed by atoms with Crippen LogP contribution in [0.15, 0.2) is 0 Å². The summed E-state index contributed by atoms with van der Waals surface area (Å²) in [5.74, 6) is 0. The van der Waals surface area contributed by atoms with Gasteiger partial charge in [0.25, 0.3) is 0 Å². The fraction of sp³-hybridized carbons (Fsp3) is 0. The third kappa shape index (κ3) is 397. The normalized spacial score (nSPS) is 6.56. The van der Waals surface area contributed by atoms with Gasteiger partial charge in [-0.3, -0.25) is 0 Å². The van der Waals surface area contributed by atoms with E-state index < -0.39 is 7.82 Å². The second kappa shape index (κ2) is 11.8. The number of hydrogen-bond acceptors (Lipinski definition) is 4. The summed E-state index contributed by atoms with van der Waals surface area (Å²) in [5.41, 5.74) is 0. The van der Waals surface area contributed by atoms with Crippen molar-refractivity contribution >= 4 is 7.82 Å². The van der Waals surface area contributed by atoms with Crippen molar-refractivity contribution in [2.24, 2.45) is 0 Å². The third-order valence-electron chi connectivity index (χ3n) is 0. The summed E-state index contributed by atoms with van der Waals surface area (Å²) >= 11 is 0. The van der Waals surface area contributed by atoms with Gasteiger partial charge in [-0.25, -0.2) is 0 Å². The minimum absolute atomic E-state index is 0. The second-order valence-corrected chi connectivity index (χ2v) is 1.34. The Kier molecular flexibility index (Phi) is 42.3. The zero-order valence-electron chi connectivity index (χ0n) is 3.68. The van der Waals surface area contributed by atoms with Gasteiger partial charge in [0.2, 0.25) is 0 Å². The van der Waals surface area contributed by atoms with E-state index in [4.69, 9.17) is 19.2 Å². The van der Waals surface area contributed by atoms with Crippen LogP contribution in [0.4, 0.5) is 0 Å². The van der Waals surface area contributed by atoms with Crippen molar-refractivity contribution < 1.29 is 64.3 Å². The first kappa shape index (κ1) is 32.2. The van der Waals surface area contributed by atoms with Crippen LogP contribution >= 0.6 is 7.82 Å². The van der Waals surface area contributed by atoms with Gasteiger partial charge >= 0.3 is 0 Å². The number of phosphoric acid groups is 1. The van der Waals surface area contributed by atoms with Crippen LogP contribution in [-0.4, -0.2) is 11.0 Å². The molecule has 0 spiro atoms. The minimum Gasteiger partial charge on any atom is -0.822 e. The Hall–Kier alpha value is 1.07. The molecule has 0 aliphatic heterocycles. The van der Waals surface area contributed by atoms with E-state index in [1.54, 1.807) is 0 Å². The van der Waals surface area contributed by atoms with E-state index in [0.717, 1.165) is 0 Å².